The first-order chi connectivity index (χ1) is 8.11. The average molecular weight is 296 g/mol. The molecular formula is C13H14BrNO2. The molecule has 0 radical (unpaired) electrons. The van der Waals surface area contributed by atoms with Gasteiger partial charge in [0.05, 0.1) is 0 Å². The highest BCUT2D eigenvalue weighted by atomic mass is 79.9. The van der Waals surface area contributed by atoms with Crippen LogP contribution in [0.4, 0.5) is 5.69 Å². The van der Waals surface area contributed by atoms with Crippen molar-refractivity contribution in [2.45, 2.75) is 24.6 Å². The summed E-state index contributed by atoms with van der Waals surface area (Å²) in [6.45, 7) is 2.54. The van der Waals surface area contributed by atoms with Crippen LogP contribution in [0, 0.1) is 0 Å². The van der Waals surface area contributed by atoms with Crippen molar-refractivity contribution in [3.05, 3.63) is 29.8 Å². The number of halogens is 1. The Kier molecular flexibility index (Phi) is 3.62. The molecule has 1 aromatic carbocycles. The van der Waals surface area contributed by atoms with Gasteiger partial charge in [-0.1, -0.05) is 22.9 Å². The average Bonchev–Trinajstić information content (AvgIpc) is 2.68. The fourth-order valence-electron chi connectivity index (χ4n) is 1.94. The molecule has 4 heteroatoms. The molecule has 1 amide bonds. The molecule has 0 saturated carbocycles. The lowest BCUT2D eigenvalue weighted by molar-refractivity contribution is -0.117. The second kappa shape index (κ2) is 5.00. The molecule has 1 saturated heterocycles. The first kappa shape index (κ1) is 12.3. The number of rotatable bonds is 3. The molecule has 1 aliphatic rings. The molecule has 1 unspecified atom stereocenters. The molecule has 1 heterocycles. The van der Waals surface area contributed by atoms with E-state index in [0.717, 1.165) is 5.69 Å². The van der Waals surface area contributed by atoms with Crippen LogP contribution < -0.4 is 4.90 Å². The predicted molar refractivity (Wildman–Crippen MR) is 70.7 cm³/mol. The van der Waals surface area contributed by atoms with Crippen molar-refractivity contribution < 1.29 is 9.59 Å². The van der Waals surface area contributed by atoms with Crippen molar-refractivity contribution in [3.8, 4) is 0 Å². The van der Waals surface area contributed by atoms with Crippen molar-refractivity contribution >= 4 is 33.3 Å². The predicted octanol–water partition coefficient (Wildman–Crippen LogP) is 2.78. The molecule has 0 N–H and O–H groups in total. The van der Waals surface area contributed by atoms with Gasteiger partial charge in [-0.3, -0.25) is 9.59 Å². The Labute approximate surface area is 109 Å². The summed E-state index contributed by atoms with van der Waals surface area (Å²) in [6.07, 6.45) is 1.04. The molecule has 1 aliphatic heterocycles. The summed E-state index contributed by atoms with van der Waals surface area (Å²) in [5, 5.41) is 0. The number of alkyl halides is 1. The van der Waals surface area contributed by atoms with E-state index in [2.05, 4.69) is 15.9 Å². The van der Waals surface area contributed by atoms with E-state index in [1.54, 1.807) is 17.0 Å². The second-order valence-electron chi connectivity index (χ2n) is 4.13. The number of carbonyl (C=O) groups excluding carboxylic acids is 2. The standard InChI is InChI=1S/C13H14BrNO2/c1-2-12(16)9-3-5-11(6-4-9)15-8-10(14)7-13(15)17/h3-6,10H,2,7-8H2,1H3. The molecule has 0 aromatic heterocycles. The zero-order valence-corrected chi connectivity index (χ0v) is 11.2. The largest absolute Gasteiger partial charge is 0.311 e. The zero-order chi connectivity index (χ0) is 12.4. The Morgan fingerprint density at radius 3 is 2.53 bits per heavy atom. The molecule has 3 nitrogen and oxygen atoms in total. The van der Waals surface area contributed by atoms with Crippen molar-refractivity contribution in [1.82, 2.24) is 0 Å². The van der Waals surface area contributed by atoms with Gasteiger partial charge in [0, 0.05) is 35.5 Å². The molecule has 1 atom stereocenters. The van der Waals surface area contributed by atoms with E-state index >= 15 is 0 Å². The van der Waals surface area contributed by atoms with E-state index in [4.69, 9.17) is 0 Å². The molecular weight excluding hydrogens is 282 g/mol. The molecule has 1 fully saturated rings. The van der Waals surface area contributed by atoms with E-state index in [1.165, 1.54) is 0 Å². The fraction of sp³-hybridized carbons (Fsp3) is 0.385. The summed E-state index contributed by atoms with van der Waals surface area (Å²) >= 11 is 3.45. The second-order valence-corrected chi connectivity index (χ2v) is 5.42. The van der Waals surface area contributed by atoms with E-state index < -0.39 is 0 Å². The smallest absolute Gasteiger partial charge is 0.228 e. The van der Waals surface area contributed by atoms with Gasteiger partial charge >= 0.3 is 0 Å². The van der Waals surface area contributed by atoms with Crippen LogP contribution in [-0.2, 0) is 4.79 Å². The molecule has 17 heavy (non-hydrogen) atoms. The highest BCUT2D eigenvalue weighted by Gasteiger charge is 2.28. The maximum Gasteiger partial charge on any atom is 0.228 e. The summed E-state index contributed by atoms with van der Waals surface area (Å²) < 4.78 is 0. The minimum Gasteiger partial charge on any atom is -0.311 e. The maximum absolute atomic E-state index is 11.7. The van der Waals surface area contributed by atoms with Crippen LogP contribution in [0.1, 0.15) is 30.1 Å². The van der Waals surface area contributed by atoms with Crippen molar-refractivity contribution in [3.63, 3.8) is 0 Å². The van der Waals surface area contributed by atoms with Gasteiger partial charge in [0.25, 0.3) is 0 Å². The summed E-state index contributed by atoms with van der Waals surface area (Å²) in [5.41, 5.74) is 1.57. The van der Waals surface area contributed by atoms with Crippen LogP contribution in [0.2, 0.25) is 0 Å². The van der Waals surface area contributed by atoms with Gasteiger partial charge < -0.3 is 4.90 Å². The normalized spacial score (nSPS) is 19.8. The van der Waals surface area contributed by atoms with Gasteiger partial charge in [0.2, 0.25) is 5.91 Å². The van der Waals surface area contributed by atoms with Gasteiger partial charge in [-0.15, -0.1) is 0 Å². The van der Waals surface area contributed by atoms with E-state index in [9.17, 15) is 9.59 Å². The maximum atomic E-state index is 11.7. The van der Waals surface area contributed by atoms with Crippen LogP contribution in [-0.4, -0.2) is 23.1 Å². The number of ketones is 1. The quantitative estimate of drug-likeness (QED) is 0.635. The number of hydrogen-bond acceptors (Lipinski definition) is 2. The van der Waals surface area contributed by atoms with Gasteiger partial charge in [-0.25, -0.2) is 0 Å². The third-order valence-corrected chi connectivity index (χ3v) is 3.51. The number of benzene rings is 1. The van der Waals surface area contributed by atoms with Crippen molar-refractivity contribution in [2.75, 3.05) is 11.4 Å². The summed E-state index contributed by atoms with van der Waals surface area (Å²) in [5.74, 6) is 0.254. The van der Waals surface area contributed by atoms with Crippen LogP contribution >= 0.6 is 15.9 Å². The number of amides is 1. The Morgan fingerprint density at radius 1 is 1.41 bits per heavy atom. The van der Waals surface area contributed by atoms with E-state index in [-0.39, 0.29) is 16.5 Å². The molecule has 90 valence electrons. The zero-order valence-electron chi connectivity index (χ0n) is 9.65. The first-order valence-corrected chi connectivity index (χ1v) is 6.61. The van der Waals surface area contributed by atoms with Crippen LogP contribution in [0.5, 0.6) is 0 Å². The molecule has 1 aromatic rings. The Bertz CT molecular complexity index is 441. The third kappa shape index (κ3) is 2.57. The molecule has 0 bridgehead atoms. The highest BCUT2D eigenvalue weighted by molar-refractivity contribution is 9.09. The van der Waals surface area contributed by atoms with Crippen molar-refractivity contribution in [2.24, 2.45) is 0 Å². The number of Topliss-reactive ketones (excluding diaryl/α,β-unsaturated/α-hetero) is 1. The number of hydrogen-bond donors (Lipinski definition) is 0. The summed E-state index contributed by atoms with van der Waals surface area (Å²) in [4.78, 5) is 25.1. The van der Waals surface area contributed by atoms with Crippen LogP contribution in [0.15, 0.2) is 24.3 Å². The fourth-order valence-corrected chi connectivity index (χ4v) is 2.51. The minimum absolute atomic E-state index is 0.126. The third-order valence-electron chi connectivity index (χ3n) is 2.90. The van der Waals surface area contributed by atoms with E-state index in [1.807, 2.05) is 19.1 Å². The van der Waals surface area contributed by atoms with Gasteiger partial charge in [-0.05, 0) is 24.3 Å². The lowest BCUT2D eigenvalue weighted by Crippen LogP contribution is -2.24. The number of anilines is 1. The van der Waals surface area contributed by atoms with Gasteiger partial charge in [0.1, 0.15) is 0 Å². The SMILES string of the molecule is CCC(=O)c1ccc(N2CC(Br)CC2=O)cc1. The minimum atomic E-state index is 0.126. The van der Waals surface area contributed by atoms with E-state index in [0.29, 0.717) is 24.9 Å². The lowest BCUT2D eigenvalue weighted by atomic mass is 10.1. The van der Waals surface area contributed by atoms with Crippen LogP contribution in [0.3, 0.4) is 0 Å². The first-order valence-electron chi connectivity index (χ1n) is 5.69. The molecule has 0 spiro atoms. The Balaban J connectivity index is 2.18. The highest BCUT2D eigenvalue weighted by Crippen LogP contribution is 2.25. The van der Waals surface area contributed by atoms with Crippen LogP contribution in [0.25, 0.3) is 0 Å². The molecule has 0 aliphatic carbocycles. The summed E-state index contributed by atoms with van der Waals surface area (Å²) in [6, 6.07) is 7.25. The monoisotopic (exact) mass is 295 g/mol. The lowest BCUT2D eigenvalue weighted by Gasteiger charge is -2.16. The topological polar surface area (TPSA) is 37.4 Å². The molecule has 2 rings (SSSR count). The number of nitrogens with zero attached hydrogens (tertiary/aromatic N) is 1. The Hall–Kier alpha value is -1.16. The van der Waals surface area contributed by atoms with Gasteiger partial charge in [-0.2, -0.15) is 0 Å². The Morgan fingerprint density at radius 2 is 2.06 bits per heavy atom. The number of carbonyl (C=O) groups is 2. The summed E-state index contributed by atoms with van der Waals surface area (Å²) in [7, 11) is 0. The van der Waals surface area contributed by atoms with Crippen molar-refractivity contribution in [1.29, 1.82) is 0 Å². The van der Waals surface area contributed by atoms with Gasteiger partial charge in [0.15, 0.2) is 5.78 Å².